The number of oxazole rings is 1. The minimum Gasteiger partial charge on any atom is -0.438 e. The number of rotatable bonds is 3. The SMILES string of the molecule is Cc1ncoc1C(=O)NCc1cc[nH]c1. The fourth-order valence-electron chi connectivity index (χ4n) is 1.25. The Balaban J connectivity index is 1.96. The lowest BCUT2D eigenvalue weighted by atomic mass is 10.3. The Morgan fingerprint density at radius 2 is 2.53 bits per heavy atom. The largest absolute Gasteiger partial charge is 0.438 e. The van der Waals surface area contributed by atoms with Crippen LogP contribution < -0.4 is 5.32 Å². The monoisotopic (exact) mass is 205 g/mol. The molecule has 0 saturated heterocycles. The van der Waals surface area contributed by atoms with E-state index in [0.717, 1.165) is 5.56 Å². The van der Waals surface area contributed by atoms with Gasteiger partial charge in [-0.05, 0) is 18.6 Å². The molecule has 0 spiro atoms. The van der Waals surface area contributed by atoms with Gasteiger partial charge < -0.3 is 14.7 Å². The fourth-order valence-corrected chi connectivity index (χ4v) is 1.25. The second-order valence-electron chi connectivity index (χ2n) is 3.17. The summed E-state index contributed by atoms with van der Waals surface area (Å²) in [4.78, 5) is 18.3. The topological polar surface area (TPSA) is 70.9 Å². The number of H-pyrrole nitrogens is 1. The second kappa shape index (κ2) is 4.00. The van der Waals surface area contributed by atoms with E-state index < -0.39 is 0 Å². The van der Waals surface area contributed by atoms with Gasteiger partial charge in [-0.2, -0.15) is 0 Å². The van der Waals surface area contributed by atoms with Crippen molar-refractivity contribution in [2.75, 3.05) is 0 Å². The Kier molecular flexibility index (Phi) is 2.53. The highest BCUT2D eigenvalue weighted by Crippen LogP contribution is 2.05. The van der Waals surface area contributed by atoms with Gasteiger partial charge in [0.05, 0.1) is 5.69 Å². The van der Waals surface area contributed by atoms with Gasteiger partial charge in [0.15, 0.2) is 6.39 Å². The molecule has 78 valence electrons. The molecule has 2 heterocycles. The average Bonchev–Trinajstić information content (AvgIpc) is 2.84. The highest BCUT2D eigenvalue weighted by atomic mass is 16.3. The van der Waals surface area contributed by atoms with Crippen LogP contribution in [-0.4, -0.2) is 15.9 Å². The van der Waals surface area contributed by atoms with Crippen LogP contribution in [0.3, 0.4) is 0 Å². The summed E-state index contributed by atoms with van der Waals surface area (Å²) in [7, 11) is 0. The van der Waals surface area contributed by atoms with Crippen molar-refractivity contribution in [1.82, 2.24) is 15.3 Å². The smallest absolute Gasteiger partial charge is 0.289 e. The molecule has 0 fully saturated rings. The molecule has 2 N–H and O–H groups in total. The summed E-state index contributed by atoms with van der Waals surface area (Å²) in [6, 6.07) is 1.90. The fraction of sp³-hybridized carbons (Fsp3) is 0.200. The summed E-state index contributed by atoms with van der Waals surface area (Å²) in [5, 5.41) is 2.74. The number of nitrogens with one attached hydrogen (secondary N) is 2. The number of nitrogens with zero attached hydrogens (tertiary/aromatic N) is 1. The molecule has 15 heavy (non-hydrogen) atoms. The van der Waals surface area contributed by atoms with E-state index in [1.54, 1.807) is 13.1 Å². The van der Waals surface area contributed by atoms with Crippen LogP contribution in [0.5, 0.6) is 0 Å². The van der Waals surface area contributed by atoms with Gasteiger partial charge >= 0.3 is 0 Å². The number of hydrogen-bond donors (Lipinski definition) is 2. The Morgan fingerprint density at radius 3 is 3.13 bits per heavy atom. The number of aromatic nitrogens is 2. The molecule has 5 nitrogen and oxygen atoms in total. The molecule has 0 saturated carbocycles. The van der Waals surface area contributed by atoms with E-state index in [1.165, 1.54) is 6.39 Å². The lowest BCUT2D eigenvalue weighted by Gasteiger charge is -2.00. The summed E-state index contributed by atoms with van der Waals surface area (Å²) in [5.74, 6) is 0.0248. The number of amides is 1. The van der Waals surface area contributed by atoms with Crippen molar-refractivity contribution in [3.05, 3.63) is 41.9 Å². The van der Waals surface area contributed by atoms with Gasteiger partial charge in [-0.15, -0.1) is 0 Å². The quantitative estimate of drug-likeness (QED) is 0.791. The van der Waals surface area contributed by atoms with Gasteiger partial charge in [0.1, 0.15) is 0 Å². The normalized spacial score (nSPS) is 10.2. The zero-order valence-corrected chi connectivity index (χ0v) is 8.28. The first kappa shape index (κ1) is 9.51. The first-order valence-electron chi connectivity index (χ1n) is 4.57. The molecule has 0 bridgehead atoms. The average molecular weight is 205 g/mol. The van der Waals surface area contributed by atoms with Crippen LogP contribution >= 0.6 is 0 Å². The van der Waals surface area contributed by atoms with E-state index in [9.17, 15) is 4.79 Å². The van der Waals surface area contributed by atoms with Crippen LogP contribution in [0.1, 0.15) is 21.8 Å². The number of carbonyl (C=O) groups is 1. The maximum Gasteiger partial charge on any atom is 0.289 e. The first-order valence-corrected chi connectivity index (χ1v) is 4.57. The predicted octanol–water partition coefficient (Wildman–Crippen LogP) is 1.24. The number of hydrogen-bond acceptors (Lipinski definition) is 3. The molecule has 5 heteroatoms. The summed E-state index contributed by atoms with van der Waals surface area (Å²) in [5.41, 5.74) is 1.61. The lowest BCUT2D eigenvalue weighted by molar-refractivity contribution is 0.0922. The van der Waals surface area contributed by atoms with E-state index >= 15 is 0 Å². The van der Waals surface area contributed by atoms with Crippen LogP contribution in [0.15, 0.2) is 29.3 Å². The Hall–Kier alpha value is -2.04. The van der Waals surface area contributed by atoms with E-state index in [-0.39, 0.29) is 11.7 Å². The highest BCUT2D eigenvalue weighted by Gasteiger charge is 2.12. The van der Waals surface area contributed by atoms with Gasteiger partial charge in [0.2, 0.25) is 5.76 Å². The Labute approximate surface area is 86.5 Å². The number of aromatic amines is 1. The number of carbonyl (C=O) groups excluding carboxylic acids is 1. The molecule has 0 aliphatic rings. The zero-order chi connectivity index (χ0) is 10.7. The van der Waals surface area contributed by atoms with Crippen molar-refractivity contribution >= 4 is 5.91 Å². The first-order chi connectivity index (χ1) is 7.27. The van der Waals surface area contributed by atoms with Gasteiger partial charge in [0, 0.05) is 18.9 Å². The van der Waals surface area contributed by atoms with E-state index in [1.807, 2.05) is 12.3 Å². The Bertz CT molecular complexity index is 445. The van der Waals surface area contributed by atoms with Crippen molar-refractivity contribution in [3.8, 4) is 0 Å². The molecule has 1 amide bonds. The van der Waals surface area contributed by atoms with E-state index in [0.29, 0.717) is 12.2 Å². The highest BCUT2D eigenvalue weighted by molar-refractivity contribution is 5.92. The van der Waals surface area contributed by atoms with E-state index in [2.05, 4.69) is 15.3 Å². The maximum atomic E-state index is 11.6. The maximum absolute atomic E-state index is 11.6. The summed E-state index contributed by atoms with van der Waals surface area (Å²) < 4.78 is 4.97. The molecule has 0 atom stereocenters. The third-order valence-electron chi connectivity index (χ3n) is 2.07. The predicted molar refractivity (Wildman–Crippen MR) is 53.2 cm³/mol. The van der Waals surface area contributed by atoms with Crippen molar-refractivity contribution in [1.29, 1.82) is 0 Å². The molecular weight excluding hydrogens is 194 g/mol. The molecule has 0 aromatic carbocycles. The summed E-state index contributed by atoms with van der Waals surface area (Å²) in [6.07, 6.45) is 4.90. The van der Waals surface area contributed by atoms with Gasteiger partial charge in [0.25, 0.3) is 5.91 Å². The minimum atomic E-state index is -0.244. The third-order valence-corrected chi connectivity index (χ3v) is 2.07. The molecule has 2 aromatic rings. The standard InChI is InChI=1S/C10H11N3O2/c1-7-9(15-6-13-7)10(14)12-5-8-2-3-11-4-8/h2-4,6,11H,5H2,1H3,(H,12,14). The molecular formula is C10H11N3O2. The van der Waals surface area contributed by atoms with Crippen LogP contribution in [0.2, 0.25) is 0 Å². The van der Waals surface area contributed by atoms with Crippen LogP contribution in [0, 0.1) is 6.92 Å². The van der Waals surface area contributed by atoms with Crippen LogP contribution in [0.25, 0.3) is 0 Å². The number of aryl methyl sites for hydroxylation is 1. The molecule has 0 aliphatic carbocycles. The van der Waals surface area contributed by atoms with Gasteiger partial charge in [-0.1, -0.05) is 0 Å². The van der Waals surface area contributed by atoms with Crippen LogP contribution in [-0.2, 0) is 6.54 Å². The molecule has 0 unspecified atom stereocenters. The van der Waals surface area contributed by atoms with Crippen molar-refractivity contribution in [3.63, 3.8) is 0 Å². The summed E-state index contributed by atoms with van der Waals surface area (Å²) in [6.45, 7) is 2.21. The Morgan fingerprint density at radius 1 is 1.67 bits per heavy atom. The van der Waals surface area contributed by atoms with Crippen LogP contribution in [0.4, 0.5) is 0 Å². The second-order valence-corrected chi connectivity index (χ2v) is 3.17. The van der Waals surface area contributed by atoms with Gasteiger partial charge in [-0.3, -0.25) is 4.79 Å². The minimum absolute atomic E-state index is 0.244. The zero-order valence-electron chi connectivity index (χ0n) is 8.28. The lowest BCUT2D eigenvalue weighted by Crippen LogP contribution is -2.22. The van der Waals surface area contributed by atoms with Gasteiger partial charge in [-0.25, -0.2) is 4.98 Å². The third kappa shape index (κ3) is 2.07. The molecule has 0 aliphatic heterocycles. The van der Waals surface area contributed by atoms with E-state index in [4.69, 9.17) is 4.42 Å². The molecule has 0 radical (unpaired) electrons. The van der Waals surface area contributed by atoms with Crippen molar-refractivity contribution < 1.29 is 9.21 Å². The summed E-state index contributed by atoms with van der Waals surface area (Å²) >= 11 is 0. The van der Waals surface area contributed by atoms with Crippen molar-refractivity contribution in [2.24, 2.45) is 0 Å². The van der Waals surface area contributed by atoms with Crippen molar-refractivity contribution in [2.45, 2.75) is 13.5 Å². The molecule has 2 aromatic heterocycles. The molecule has 2 rings (SSSR count).